The number of aryl methyl sites for hydroxylation is 1. The van der Waals surface area contributed by atoms with Gasteiger partial charge in [-0.3, -0.25) is 0 Å². The Morgan fingerprint density at radius 1 is 1.27 bits per heavy atom. The third-order valence-electron chi connectivity index (χ3n) is 4.52. The molecule has 1 fully saturated rings. The molecule has 1 atom stereocenters. The summed E-state index contributed by atoms with van der Waals surface area (Å²) >= 11 is 0. The van der Waals surface area contributed by atoms with E-state index in [1.165, 1.54) is 5.56 Å². The molecule has 0 saturated carbocycles. The van der Waals surface area contributed by atoms with Crippen molar-refractivity contribution in [1.82, 2.24) is 15.6 Å². The molecule has 3 rings (SSSR count). The van der Waals surface area contributed by atoms with Crippen molar-refractivity contribution in [1.29, 1.82) is 0 Å². The molecular formula is C20H28N4O2. The van der Waals surface area contributed by atoms with Crippen LogP contribution >= 0.6 is 0 Å². The maximum Gasteiger partial charge on any atom is 0.226 e. The summed E-state index contributed by atoms with van der Waals surface area (Å²) in [6.45, 7) is 9.10. The second kappa shape index (κ2) is 8.36. The molecule has 6 heteroatoms. The van der Waals surface area contributed by atoms with Crippen molar-refractivity contribution in [2.75, 3.05) is 19.7 Å². The molecular weight excluding hydrogens is 328 g/mol. The van der Waals surface area contributed by atoms with Crippen LogP contribution in [0.2, 0.25) is 0 Å². The first-order chi connectivity index (χ1) is 12.6. The largest absolute Gasteiger partial charge is 0.444 e. The van der Waals surface area contributed by atoms with Gasteiger partial charge in [0, 0.05) is 25.3 Å². The summed E-state index contributed by atoms with van der Waals surface area (Å²) in [4.78, 5) is 9.15. The van der Waals surface area contributed by atoms with Crippen LogP contribution in [0.4, 0.5) is 0 Å². The van der Waals surface area contributed by atoms with Gasteiger partial charge in [-0.15, -0.1) is 0 Å². The Morgan fingerprint density at radius 2 is 2.08 bits per heavy atom. The third kappa shape index (κ3) is 4.85. The molecule has 6 nitrogen and oxygen atoms in total. The molecule has 0 bridgehead atoms. The van der Waals surface area contributed by atoms with E-state index in [0.717, 1.165) is 49.8 Å². The Kier molecular flexibility index (Phi) is 5.93. The Hall–Kier alpha value is -2.34. The van der Waals surface area contributed by atoms with Gasteiger partial charge in [-0.2, -0.15) is 0 Å². The molecule has 2 aromatic rings. The Bertz CT molecular complexity index is 731. The number of oxazole rings is 1. The number of nitrogens with zero attached hydrogens (tertiary/aromatic N) is 2. The van der Waals surface area contributed by atoms with E-state index < -0.39 is 0 Å². The molecule has 2 heterocycles. The molecule has 2 N–H and O–H groups in total. The molecule has 1 saturated heterocycles. The maximum absolute atomic E-state index is 5.82. The summed E-state index contributed by atoms with van der Waals surface area (Å²) in [7, 11) is 0. The van der Waals surface area contributed by atoms with Crippen molar-refractivity contribution in [3.8, 4) is 11.5 Å². The van der Waals surface area contributed by atoms with Gasteiger partial charge < -0.3 is 19.8 Å². The van der Waals surface area contributed by atoms with E-state index in [-0.39, 0.29) is 5.60 Å². The van der Waals surface area contributed by atoms with Crippen molar-refractivity contribution < 1.29 is 9.15 Å². The third-order valence-corrected chi connectivity index (χ3v) is 4.52. The average molecular weight is 356 g/mol. The summed E-state index contributed by atoms with van der Waals surface area (Å²) in [6, 6.07) is 8.14. The number of rotatable bonds is 6. The molecule has 1 aliphatic heterocycles. The minimum atomic E-state index is -0.108. The fourth-order valence-corrected chi connectivity index (χ4v) is 2.96. The standard InChI is InChI=1S/C20H28N4O2/c1-4-21-19(23-14-20(3)10-5-11-26-20)22-12-17-13-25-18(24-17)16-8-6-15(2)7-9-16/h6-9,13H,4-5,10-12,14H2,1-3H3,(H2,21,22,23). The fraction of sp³-hybridized carbons (Fsp3) is 0.500. The number of nitrogens with one attached hydrogen (secondary N) is 2. The van der Waals surface area contributed by atoms with E-state index in [4.69, 9.17) is 9.15 Å². The van der Waals surface area contributed by atoms with Crippen LogP contribution in [-0.2, 0) is 11.3 Å². The van der Waals surface area contributed by atoms with E-state index in [1.54, 1.807) is 6.26 Å². The van der Waals surface area contributed by atoms with Gasteiger partial charge in [0.25, 0.3) is 0 Å². The number of aliphatic imine (C=N–C) groups is 1. The second-order valence-electron chi connectivity index (χ2n) is 6.96. The summed E-state index contributed by atoms with van der Waals surface area (Å²) in [6.07, 6.45) is 3.86. The van der Waals surface area contributed by atoms with Gasteiger partial charge in [-0.05, 0) is 45.7 Å². The van der Waals surface area contributed by atoms with E-state index in [0.29, 0.717) is 12.4 Å². The van der Waals surface area contributed by atoms with Crippen molar-refractivity contribution in [2.45, 2.75) is 45.8 Å². The van der Waals surface area contributed by atoms with Crippen molar-refractivity contribution in [3.05, 3.63) is 41.8 Å². The molecule has 1 aliphatic rings. The fourth-order valence-electron chi connectivity index (χ4n) is 2.96. The van der Waals surface area contributed by atoms with Crippen LogP contribution in [0.25, 0.3) is 11.5 Å². The molecule has 140 valence electrons. The van der Waals surface area contributed by atoms with Gasteiger partial charge in [0.05, 0.1) is 12.1 Å². The molecule has 0 spiro atoms. The van der Waals surface area contributed by atoms with Crippen LogP contribution in [-0.4, -0.2) is 36.2 Å². The summed E-state index contributed by atoms with van der Waals surface area (Å²) in [5.41, 5.74) is 2.89. The SMILES string of the molecule is CCNC(=NCc1coc(-c2ccc(C)cc2)n1)NCC1(C)CCCO1. The zero-order chi connectivity index (χ0) is 18.4. The molecule has 0 radical (unpaired) electrons. The zero-order valence-corrected chi connectivity index (χ0v) is 15.8. The van der Waals surface area contributed by atoms with Crippen LogP contribution in [0.1, 0.15) is 37.9 Å². The Balaban J connectivity index is 1.61. The first-order valence-electron chi connectivity index (χ1n) is 9.25. The predicted octanol–water partition coefficient (Wildman–Crippen LogP) is 3.27. The average Bonchev–Trinajstić information content (AvgIpc) is 3.28. The first-order valence-corrected chi connectivity index (χ1v) is 9.25. The van der Waals surface area contributed by atoms with E-state index in [1.807, 2.05) is 12.1 Å². The molecule has 1 unspecified atom stereocenters. The van der Waals surface area contributed by atoms with Gasteiger partial charge in [0.1, 0.15) is 12.0 Å². The summed E-state index contributed by atoms with van der Waals surface area (Å²) in [5, 5.41) is 6.64. The predicted molar refractivity (Wildman–Crippen MR) is 103 cm³/mol. The lowest BCUT2D eigenvalue weighted by molar-refractivity contribution is 0.0243. The number of hydrogen-bond acceptors (Lipinski definition) is 4. The second-order valence-corrected chi connectivity index (χ2v) is 6.96. The molecule has 0 aliphatic carbocycles. The topological polar surface area (TPSA) is 71.7 Å². The quantitative estimate of drug-likeness (QED) is 0.614. The lowest BCUT2D eigenvalue weighted by atomic mass is 10.0. The van der Waals surface area contributed by atoms with Crippen molar-refractivity contribution >= 4 is 5.96 Å². The zero-order valence-electron chi connectivity index (χ0n) is 15.8. The minimum absolute atomic E-state index is 0.108. The van der Waals surface area contributed by atoms with Crippen molar-refractivity contribution in [3.63, 3.8) is 0 Å². The number of benzene rings is 1. The summed E-state index contributed by atoms with van der Waals surface area (Å²) < 4.78 is 11.4. The lowest BCUT2D eigenvalue weighted by Gasteiger charge is -2.24. The number of aromatic nitrogens is 1. The highest BCUT2D eigenvalue weighted by atomic mass is 16.5. The minimum Gasteiger partial charge on any atom is -0.444 e. The van der Waals surface area contributed by atoms with Crippen LogP contribution in [0.3, 0.4) is 0 Å². The maximum atomic E-state index is 5.82. The monoisotopic (exact) mass is 356 g/mol. The first kappa shape index (κ1) is 18.5. The Morgan fingerprint density at radius 3 is 2.77 bits per heavy atom. The van der Waals surface area contributed by atoms with Gasteiger partial charge >= 0.3 is 0 Å². The highest BCUT2D eigenvalue weighted by Crippen LogP contribution is 2.24. The van der Waals surface area contributed by atoms with Crippen LogP contribution in [0, 0.1) is 6.92 Å². The van der Waals surface area contributed by atoms with E-state index in [9.17, 15) is 0 Å². The number of guanidine groups is 1. The van der Waals surface area contributed by atoms with E-state index in [2.05, 4.69) is 53.5 Å². The van der Waals surface area contributed by atoms with Crippen molar-refractivity contribution in [2.24, 2.45) is 4.99 Å². The summed E-state index contributed by atoms with van der Waals surface area (Å²) in [5.74, 6) is 1.39. The van der Waals surface area contributed by atoms with Gasteiger partial charge in [-0.1, -0.05) is 17.7 Å². The Labute approximate surface area is 155 Å². The highest BCUT2D eigenvalue weighted by Gasteiger charge is 2.29. The van der Waals surface area contributed by atoms with E-state index >= 15 is 0 Å². The van der Waals surface area contributed by atoms with Crippen LogP contribution in [0.15, 0.2) is 39.9 Å². The number of hydrogen-bond donors (Lipinski definition) is 2. The van der Waals surface area contributed by atoms with Crippen LogP contribution < -0.4 is 10.6 Å². The smallest absolute Gasteiger partial charge is 0.226 e. The molecule has 1 aromatic carbocycles. The molecule has 1 aromatic heterocycles. The van der Waals surface area contributed by atoms with Gasteiger partial charge in [0.2, 0.25) is 5.89 Å². The normalized spacial score (nSPS) is 20.3. The highest BCUT2D eigenvalue weighted by molar-refractivity contribution is 5.79. The molecule has 0 amide bonds. The van der Waals surface area contributed by atoms with Crippen LogP contribution in [0.5, 0.6) is 0 Å². The van der Waals surface area contributed by atoms with Gasteiger partial charge in [0.15, 0.2) is 5.96 Å². The van der Waals surface area contributed by atoms with Gasteiger partial charge in [-0.25, -0.2) is 9.98 Å². The lowest BCUT2D eigenvalue weighted by Crippen LogP contribution is -2.45. The molecule has 26 heavy (non-hydrogen) atoms. The number of ether oxygens (including phenoxy) is 1.